The van der Waals surface area contributed by atoms with Gasteiger partial charge in [-0.2, -0.15) is 5.10 Å². The number of para-hydroxylation sites is 1. The molecule has 8 rings (SSSR count). The lowest BCUT2D eigenvalue weighted by Gasteiger charge is -2.38. The largest absolute Gasteiger partial charge is 0.445 e. The number of pyridine rings is 1. The molecule has 274 valence electrons. The number of oxazole rings is 1. The maximum Gasteiger partial charge on any atom is 0.407 e. The van der Waals surface area contributed by atoms with Gasteiger partial charge in [0, 0.05) is 66.5 Å². The highest BCUT2D eigenvalue weighted by Gasteiger charge is 2.34. The van der Waals surface area contributed by atoms with E-state index in [4.69, 9.17) is 20.8 Å². The predicted molar refractivity (Wildman–Crippen MR) is 203 cm³/mol. The molecule has 1 amide bonds. The summed E-state index contributed by atoms with van der Waals surface area (Å²) in [7, 11) is 1.77. The number of amides is 1. The first-order valence-corrected chi connectivity index (χ1v) is 18.0. The van der Waals surface area contributed by atoms with Crippen LogP contribution in [0.15, 0.2) is 107 Å². The van der Waals surface area contributed by atoms with E-state index in [0.717, 1.165) is 38.7 Å². The van der Waals surface area contributed by atoms with Crippen LogP contribution < -0.4 is 10.9 Å². The fourth-order valence-corrected chi connectivity index (χ4v) is 7.15. The minimum Gasteiger partial charge on any atom is -0.445 e. The second-order valence-corrected chi connectivity index (χ2v) is 14.1. The number of likely N-dealkylation sites (tertiary alicyclic amines) is 1. The molecule has 0 spiro atoms. The monoisotopic (exact) mass is 744 g/mol. The lowest BCUT2D eigenvalue weighted by Crippen LogP contribution is -2.47. The first-order chi connectivity index (χ1) is 26.2. The SMILES string of the molecule is Cn1nc2c(=O)n(CC3(O)CCN(Cc4ccc(-c5cnco5)cc4Cl)CC3)cnc2c1-c1ccc(CNC(=O)OCc2cnc3ccccc3c2)cc1. The lowest BCUT2D eigenvalue weighted by atomic mass is 9.91. The standard InChI is InChI=1S/C40H37ClN8O5/c1-47-37(28-8-6-26(7-9-28)18-44-39(51)53-22-27-16-29-4-2-3-5-33(29)43-19-27)35-36(46-47)38(50)49(24-45-35)23-40(52)12-14-48(15-13-40)21-31-11-10-30(17-32(31)41)34-20-42-25-54-34/h2-11,16-17,19-20,24-25,52H,12-15,18,21-23H2,1H3,(H,44,51). The summed E-state index contributed by atoms with van der Waals surface area (Å²) in [5.74, 6) is 0.656. The van der Waals surface area contributed by atoms with Crippen molar-refractivity contribution in [3.63, 3.8) is 0 Å². The molecule has 3 aromatic carbocycles. The molecule has 5 heterocycles. The van der Waals surface area contributed by atoms with Crippen molar-refractivity contribution in [3.05, 3.63) is 130 Å². The minimum absolute atomic E-state index is 0.112. The fourth-order valence-electron chi connectivity index (χ4n) is 6.91. The van der Waals surface area contributed by atoms with Gasteiger partial charge in [0.1, 0.15) is 12.1 Å². The molecule has 54 heavy (non-hydrogen) atoms. The quantitative estimate of drug-likeness (QED) is 0.168. The van der Waals surface area contributed by atoms with Crippen LogP contribution in [0.4, 0.5) is 4.79 Å². The van der Waals surface area contributed by atoms with Crippen molar-refractivity contribution >= 4 is 39.6 Å². The van der Waals surface area contributed by atoms with E-state index < -0.39 is 11.7 Å². The zero-order valence-corrected chi connectivity index (χ0v) is 30.2. The van der Waals surface area contributed by atoms with Crippen LogP contribution in [-0.2, 0) is 38.0 Å². The number of carbonyl (C=O) groups excluding carboxylic acids is 1. The molecule has 4 aromatic heterocycles. The Labute approximate surface area is 314 Å². The average molecular weight is 745 g/mol. The molecule has 2 N–H and O–H groups in total. The number of hydrogen-bond acceptors (Lipinski definition) is 10. The van der Waals surface area contributed by atoms with Crippen LogP contribution in [-0.4, -0.2) is 64.1 Å². The Bertz CT molecular complexity index is 2510. The second-order valence-electron chi connectivity index (χ2n) is 13.7. The van der Waals surface area contributed by atoms with Crippen molar-refractivity contribution in [2.24, 2.45) is 7.05 Å². The highest BCUT2D eigenvalue weighted by molar-refractivity contribution is 6.31. The number of nitrogens with one attached hydrogen (secondary N) is 1. The number of rotatable bonds is 10. The van der Waals surface area contributed by atoms with Gasteiger partial charge in [-0.15, -0.1) is 0 Å². The number of aromatic nitrogens is 6. The number of aliphatic hydroxyl groups is 1. The Kier molecular flexibility index (Phi) is 9.67. The van der Waals surface area contributed by atoms with E-state index in [1.165, 1.54) is 17.3 Å². The van der Waals surface area contributed by atoms with Crippen molar-refractivity contribution in [1.82, 2.24) is 39.5 Å². The van der Waals surface area contributed by atoms with Gasteiger partial charge in [0.2, 0.25) is 0 Å². The Morgan fingerprint density at radius 3 is 2.56 bits per heavy atom. The van der Waals surface area contributed by atoms with Crippen molar-refractivity contribution in [2.45, 2.75) is 44.7 Å². The summed E-state index contributed by atoms with van der Waals surface area (Å²) in [5, 5.41) is 20.5. The molecule has 1 saturated heterocycles. The zero-order chi connectivity index (χ0) is 37.2. The summed E-state index contributed by atoms with van der Waals surface area (Å²) >= 11 is 6.60. The van der Waals surface area contributed by atoms with Gasteiger partial charge in [-0.3, -0.25) is 23.9 Å². The topological polar surface area (TPSA) is 153 Å². The molecular formula is C40H37ClN8O5. The van der Waals surface area contributed by atoms with Gasteiger partial charge >= 0.3 is 6.09 Å². The summed E-state index contributed by atoms with van der Waals surface area (Å²) in [4.78, 5) is 41.3. The number of aryl methyl sites for hydroxylation is 1. The van der Waals surface area contributed by atoms with Crippen LogP contribution in [0.25, 0.3) is 44.5 Å². The highest BCUT2D eigenvalue weighted by Crippen LogP contribution is 2.30. The van der Waals surface area contributed by atoms with E-state index in [9.17, 15) is 14.7 Å². The van der Waals surface area contributed by atoms with Crippen LogP contribution in [0.3, 0.4) is 0 Å². The van der Waals surface area contributed by atoms with Crippen LogP contribution in [0.5, 0.6) is 0 Å². The molecule has 0 aliphatic carbocycles. The molecule has 1 aliphatic rings. The Morgan fingerprint density at radius 2 is 1.78 bits per heavy atom. The Hall–Kier alpha value is -5.89. The Balaban J connectivity index is 0.868. The summed E-state index contributed by atoms with van der Waals surface area (Å²) in [5.41, 5.74) is 5.24. The number of fused-ring (bicyclic) bond motifs is 2. The number of hydrogen-bond donors (Lipinski definition) is 2. The molecule has 13 nitrogen and oxygen atoms in total. The van der Waals surface area contributed by atoms with Gasteiger partial charge in [0.15, 0.2) is 17.7 Å². The first-order valence-electron chi connectivity index (χ1n) is 17.6. The van der Waals surface area contributed by atoms with Crippen molar-refractivity contribution < 1.29 is 19.1 Å². The third-order valence-electron chi connectivity index (χ3n) is 9.91. The van der Waals surface area contributed by atoms with Gasteiger partial charge < -0.3 is 19.6 Å². The van der Waals surface area contributed by atoms with Gasteiger partial charge in [0.25, 0.3) is 5.56 Å². The van der Waals surface area contributed by atoms with E-state index in [2.05, 4.69) is 30.3 Å². The van der Waals surface area contributed by atoms with Crippen LogP contribution in [0, 0.1) is 0 Å². The molecule has 0 saturated carbocycles. The number of nitrogens with zero attached hydrogens (tertiary/aromatic N) is 7. The number of halogens is 1. The third-order valence-corrected chi connectivity index (χ3v) is 10.3. The van der Waals surface area contributed by atoms with E-state index in [1.807, 2.05) is 72.8 Å². The maximum absolute atomic E-state index is 13.6. The molecule has 1 aliphatic heterocycles. The minimum atomic E-state index is -1.07. The van der Waals surface area contributed by atoms with Gasteiger partial charge in [-0.1, -0.05) is 66.2 Å². The molecule has 0 bridgehead atoms. The van der Waals surface area contributed by atoms with Gasteiger partial charge in [-0.25, -0.2) is 14.8 Å². The van der Waals surface area contributed by atoms with Crippen molar-refractivity contribution in [2.75, 3.05) is 13.1 Å². The molecule has 7 aromatic rings. The van der Waals surface area contributed by atoms with Crippen LogP contribution >= 0.6 is 11.6 Å². The van der Waals surface area contributed by atoms with Crippen molar-refractivity contribution in [1.29, 1.82) is 0 Å². The average Bonchev–Trinajstić information content (AvgIpc) is 3.85. The van der Waals surface area contributed by atoms with Crippen LogP contribution in [0.2, 0.25) is 5.02 Å². The normalized spacial score (nSPS) is 14.4. The molecule has 0 unspecified atom stereocenters. The smallest absolute Gasteiger partial charge is 0.407 e. The summed E-state index contributed by atoms with van der Waals surface area (Å²) < 4.78 is 13.9. The number of carbonyl (C=O) groups is 1. The van der Waals surface area contributed by atoms with E-state index in [0.29, 0.717) is 54.5 Å². The molecule has 14 heteroatoms. The number of benzene rings is 3. The van der Waals surface area contributed by atoms with Gasteiger partial charge in [0.05, 0.1) is 35.9 Å². The fraction of sp³-hybridized carbons (Fsp3) is 0.250. The second kappa shape index (κ2) is 14.9. The van der Waals surface area contributed by atoms with Crippen LogP contribution in [0.1, 0.15) is 29.5 Å². The zero-order valence-electron chi connectivity index (χ0n) is 29.5. The molecule has 0 atom stereocenters. The summed E-state index contributed by atoms with van der Waals surface area (Å²) in [6.07, 6.45) is 6.68. The highest BCUT2D eigenvalue weighted by atomic mass is 35.5. The molecular weight excluding hydrogens is 708 g/mol. The van der Waals surface area contributed by atoms with E-state index >= 15 is 0 Å². The van der Waals surface area contributed by atoms with E-state index in [1.54, 1.807) is 24.1 Å². The number of alkyl carbamates (subject to hydrolysis) is 1. The van der Waals surface area contributed by atoms with Gasteiger partial charge in [-0.05, 0) is 42.2 Å². The number of ether oxygens (including phenoxy) is 1. The predicted octanol–water partition coefficient (Wildman–Crippen LogP) is 6.11. The van der Waals surface area contributed by atoms with E-state index in [-0.39, 0.29) is 30.8 Å². The number of piperidine rings is 1. The Morgan fingerprint density at radius 1 is 0.981 bits per heavy atom. The molecule has 0 radical (unpaired) electrons. The first kappa shape index (κ1) is 35.2. The third kappa shape index (κ3) is 7.47. The maximum atomic E-state index is 13.6. The summed E-state index contributed by atoms with van der Waals surface area (Å²) in [6, 6.07) is 23.1. The lowest BCUT2D eigenvalue weighted by molar-refractivity contribution is -0.0364. The molecule has 1 fully saturated rings. The van der Waals surface area contributed by atoms with Crippen molar-refractivity contribution in [3.8, 4) is 22.6 Å². The summed E-state index contributed by atoms with van der Waals surface area (Å²) in [6.45, 7) is 2.43.